The largest absolute Gasteiger partial charge is 0.462 e. The maximum Gasteiger partial charge on any atom is 0.273 e. The van der Waals surface area contributed by atoms with E-state index in [0.29, 0.717) is 26.3 Å². The molecule has 2 aliphatic heterocycles. The quantitative estimate of drug-likeness (QED) is 0.211. The summed E-state index contributed by atoms with van der Waals surface area (Å²) in [6.07, 6.45) is -7.69. The fourth-order valence-electron chi connectivity index (χ4n) is 3.44. The highest BCUT2D eigenvalue weighted by atomic mass is 16.7. The molecule has 178 valence electrons. The van der Waals surface area contributed by atoms with Crippen LogP contribution in [-0.4, -0.2) is 113 Å². The topological polar surface area (TPSA) is 184 Å². The summed E-state index contributed by atoms with van der Waals surface area (Å²) in [6, 6.07) is 3.36. The van der Waals surface area contributed by atoms with E-state index in [-0.39, 0.29) is 11.3 Å². The molecule has 13 heteroatoms. The van der Waals surface area contributed by atoms with Gasteiger partial charge in [0.2, 0.25) is 6.29 Å². The van der Waals surface area contributed by atoms with Gasteiger partial charge >= 0.3 is 0 Å². The SMILES string of the molecule is O=C(NCCN1CCOCC1)c1cc(OC2O[C@H](CO)[C@H](O)[C@H](O)[C@H]2O)cc([N+](=O)[O-])c1. The predicted octanol–water partition coefficient (Wildman–Crippen LogP) is -2.16. The van der Waals surface area contributed by atoms with Crippen molar-refractivity contribution in [2.24, 2.45) is 0 Å². The summed E-state index contributed by atoms with van der Waals surface area (Å²) in [7, 11) is 0. The maximum absolute atomic E-state index is 12.5. The summed E-state index contributed by atoms with van der Waals surface area (Å²) in [5.41, 5.74) is -0.466. The number of nitro groups is 1. The first-order valence-electron chi connectivity index (χ1n) is 10.1. The molecule has 2 saturated heterocycles. The number of amides is 1. The van der Waals surface area contributed by atoms with Crippen LogP contribution in [0.4, 0.5) is 5.69 Å². The van der Waals surface area contributed by atoms with E-state index in [2.05, 4.69) is 10.2 Å². The number of ether oxygens (including phenoxy) is 3. The molecular formula is C19H27N3O10. The van der Waals surface area contributed by atoms with Crippen LogP contribution in [0.15, 0.2) is 18.2 Å². The molecule has 0 aromatic heterocycles. The van der Waals surface area contributed by atoms with Crippen molar-refractivity contribution < 1.29 is 44.4 Å². The van der Waals surface area contributed by atoms with E-state index in [1.165, 1.54) is 6.07 Å². The van der Waals surface area contributed by atoms with Crippen LogP contribution in [0.5, 0.6) is 5.75 Å². The molecule has 5 N–H and O–H groups in total. The standard InChI is InChI=1S/C19H27N3O10/c23-10-14-15(24)16(25)17(26)19(32-14)31-13-8-11(7-12(9-13)22(28)29)18(27)20-1-2-21-3-5-30-6-4-21/h7-9,14-17,19,23-26H,1-6,10H2,(H,20,27)/t14-,15+,16+,17-,19?/m1/s1. The number of nitrogens with one attached hydrogen (secondary N) is 1. The van der Waals surface area contributed by atoms with Gasteiger partial charge in [-0.2, -0.15) is 0 Å². The van der Waals surface area contributed by atoms with Crippen LogP contribution in [0, 0.1) is 10.1 Å². The maximum atomic E-state index is 12.5. The van der Waals surface area contributed by atoms with Crippen molar-refractivity contribution in [3.8, 4) is 5.75 Å². The first kappa shape index (κ1) is 24.3. The molecule has 0 radical (unpaired) electrons. The summed E-state index contributed by atoms with van der Waals surface area (Å²) in [6.45, 7) is 3.02. The van der Waals surface area contributed by atoms with Gasteiger partial charge in [-0.3, -0.25) is 19.8 Å². The Hall–Kier alpha value is -2.39. The molecule has 1 aromatic carbocycles. The highest BCUT2D eigenvalue weighted by Gasteiger charge is 2.44. The van der Waals surface area contributed by atoms with Gasteiger partial charge in [0.25, 0.3) is 11.6 Å². The molecule has 0 spiro atoms. The summed E-state index contributed by atoms with van der Waals surface area (Å²) >= 11 is 0. The van der Waals surface area contributed by atoms with Crippen LogP contribution in [-0.2, 0) is 9.47 Å². The van der Waals surface area contributed by atoms with Gasteiger partial charge < -0.3 is 40.0 Å². The molecule has 2 fully saturated rings. The highest BCUT2D eigenvalue weighted by Crippen LogP contribution is 2.28. The fourth-order valence-corrected chi connectivity index (χ4v) is 3.44. The van der Waals surface area contributed by atoms with E-state index in [9.17, 15) is 35.3 Å². The number of hydrogen-bond donors (Lipinski definition) is 5. The number of carbonyl (C=O) groups is 1. The van der Waals surface area contributed by atoms with E-state index in [0.717, 1.165) is 25.2 Å². The van der Waals surface area contributed by atoms with E-state index >= 15 is 0 Å². The molecule has 0 aliphatic carbocycles. The molecule has 3 rings (SSSR count). The van der Waals surface area contributed by atoms with Gasteiger partial charge in [0.05, 0.1) is 30.8 Å². The minimum atomic E-state index is -1.70. The lowest BCUT2D eigenvalue weighted by Crippen LogP contribution is -2.60. The van der Waals surface area contributed by atoms with Crippen LogP contribution in [0.3, 0.4) is 0 Å². The van der Waals surface area contributed by atoms with Gasteiger partial charge in [-0.05, 0) is 6.07 Å². The number of aliphatic hydroxyl groups is 4. The Kier molecular flexibility index (Phi) is 8.31. The van der Waals surface area contributed by atoms with E-state index in [4.69, 9.17) is 14.2 Å². The van der Waals surface area contributed by atoms with Gasteiger partial charge in [-0.15, -0.1) is 0 Å². The Labute approximate surface area is 183 Å². The lowest BCUT2D eigenvalue weighted by Gasteiger charge is -2.39. The monoisotopic (exact) mass is 457 g/mol. The first-order valence-corrected chi connectivity index (χ1v) is 10.1. The summed E-state index contributed by atoms with van der Waals surface area (Å²) in [5.74, 6) is -0.720. The number of hydrogen-bond acceptors (Lipinski definition) is 11. The minimum Gasteiger partial charge on any atom is -0.462 e. The van der Waals surface area contributed by atoms with Gasteiger partial charge in [0.15, 0.2) is 0 Å². The van der Waals surface area contributed by atoms with E-state index in [1.807, 2.05) is 0 Å². The molecule has 1 unspecified atom stereocenters. The minimum absolute atomic E-state index is 0.0410. The number of aliphatic hydroxyl groups excluding tert-OH is 4. The number of non-ortho nitro benzene ring substituents is 1. The zero-order valence-electron chi connectivity index (χ0n) is 17.2. The molecule has 0 saturated carbocycles. The van der Waals surface area contributed by atoms with Crippen LogP contribution in [0.25, 0.3) is 0 Å². The normalized spacial score (nSPS) is 28.8. The Bertz CT molecular complexity index is 802. The van der Waals surface area contributed by atoms with Crippen LogP contribution in [0.1, 0.15) is 10.4 Å². The number of benzene rings is 1. The molecule has 2 aliphatic rings. The Morgan fingerprint density at radius 2 is 1.91 bits per heavy atom. The second-order valence-electron chi connectivity index (χ2n) is 7.50. The summed E-state index contributed by atoms with van der Waals surface area (Å²) in [4.78, 5) is 25.3. The number of nitro benzene ring substituents is 1. The van der Waals surface area contributed by atoms with Gasteiger partial charge in [-0.1, -0.05) is 0 Å². The van der Waals surface area contributed by atoms with Gasteiger partial charge in [-0.25, -0.2) is 0 Å². The van der Waals surface area contributed by atoms with Gasteiger partial charge in [0, 0.05) is 37.8 Å². The molecule has 1 aromatic rings. The van der Waals surface area contributed by atoms with Crippen molar-refractivity contribution in [2.75, 3.05) is 46.0 Å². The number of carbonyl (C=O) groups excluding carboxylic acids is 1. The van der Waals surface area contributed by atoms with Crippen molar-refractivity contribution in [2.45, 2.75) is 30.7 Å². The Morgan fingerprint density at radius 3 is 2.56 bits per heavy atom. The molecule has 13 nitrogen and oxygen atoms in total. The second kappa shape index (κ2) is 11.0. The molecule has 5 atom stereocenters. The van der Waals surface area contributed by atoms with Crippen molar-refractivity contribution in [1.82, 2.24) is 10.2 Å². The van der Waals surface area contributed by atoms with Crippen molar-refractivity contribution >= 4 is 11.6 Å². The zero-order chi connectivity index (χ0) is 23.3. The lowest BCUT2D eigenvalue weighted by molar-refractivity contribution is -0.385. The van der Waals surface area contributed by atoms with Crippen molar-refractivity contribution in [3.05, 3.63) is 33.9 Å². The van der Waals surface area contributed by atoms with Gasteiger partial charge in [0.1, 0.15) is 30.2 Å². The average Bonchev–Trinajstić information content (AvgIpc) is 2.79. The third kappa shape index (κ3) is 5.89. The third-order valence-corrected chi connectivity index (χ3v) is 5.28. The average molecular weight is 457 g/mol. The van der Waals surface area contributed by atoms with Crippen LogP contribution < -0.4 is 10.1 Å². The first-order chi connectivity index (χ1) is 15.3. The highest BCUT2D eigenvalue weighted by molar-refractivity contribution is 5.95. The van der Waals surface area contributed by atoms with Crippen molar-refractivity contribution in [1.29, 1.82) is 0 Å². The smallest absolute Gasteiger partial charge is 0.273 e. The molecule has 2 heterocycles. The Balaban J connectivity index is 1.69. The Morgan fingerprint density at radius 1 is 1.19 bits per heavy atom. The van der Waals surface area contributed by atoms with E-state index < -0.39 is 53.8 Å². The lowest BCUT2D eigenvalue weighted by atomic mass is 9.99. The number of nitrogens with zero attached hydrogens (tertiary/aromatic N) is 2. The second-order valence-corrected chi connectivity index (χ2v) is 7.50. The molecule has 32 heavy (non-hydrogen) atoms. The van der Waals surface area contributed by atoms with Crippen molar-refractivity contribution in [3.63, 3.8) is 0 Å². The summed E-state index contributed by atoms with van der Waals surface area (Å²) in [5, 5.41) is 53.1. The number of morpholine rings is 1. The van der Waals surface area contributed by atoms with Crippen LogP contribution in [0.2, 0.25) is 0 Å². The molecular weight excluding hydrogens is 430 g/mol. The fraction of sp³-hybridized carbons (Fsp3) is 0.632. The van der Waals surface area contributed by atoms with E-state index in [1.54, 1.807) is 0 Å². The zero-order valence-corrected chi connectivity index (χ0v) is 17.2. The van der Waals surface area contributed by atoms with Crippen LogP contribution >= 0.6 is 0 Å². The molecule has 0 bridgehead atoms. The molecule has 1 amide bonds. The third-order valence-electron chi connectivity index (χ3n) is 5.28. The summed E-state index contributed by atoms with van der Waals surface area (Å²) < 4.78 is 16.0. The number of rotatable bonds is 8. The predicted molar refractivity (Wildman–Crippen MR) is 107 cm³/mol.